The second kappa shape index (κ2) is 4.81. The van der Waals surface area contributed by atoms with Crippen LogP contribution in [0.3, 0.4) is 0 Å². The number of aromatic nitrogens is 1. The van der Waals surface area contributed by atoms with Gasteiger partial charge < -0.3 is 4.90 Å². The van der Waals surface area contributed by atoms with Gasteiger partial charge in [0.2, 0.25) is 0 Å². The van der Waals surface area contributed by atoms with Crippen molar-refractivity contribution in [3.8, 4) is 0 Å². The Bertz CT molecular complexity index is 522. The van der Waals surface area contributed by atoms with Crippen molar-refractivity contribution in [1.29, 1.82) is 0 Å². The third-order valence-electron chi connectivity index (χ3n) is 3.87. The zero-order valence-corrected chi connectivity index (χ0v) is 10.7. The number of nitrogens with zero attached hydrogens (tertiary/aromatic N) is 2. The molecule has 92 valence electrons. The van der Waals surface area contributed by atoms with Crippen molar-refractivity contribution in [2.24, 2.45) is 0 Å². The topological polar surface area (TPSA) is 16.1 Å². The van der Waals surface area contributed by atoms with Crippen molar-refractivity contribution in [3.63, 3.8) is 0 Å². The molecule has 0 saturated heterocycles. The average molecular weight is 238 g/mol. The average Bonchev–Trinajstić information content (AvgIpc) is 2.47. The molecule has 0 aliphatic heterocycles. The van der Waals surface area contributed by atoms with E-state index in [0.29, 0.717) is 6.04 Å². The number of fused-ring (bicyclic) bond motifs is 1. The van der Waals surface area contributed by atoms with Crippen LogP contribution < -0.4 is 4.90 Å². The minimum atomic E-state index is 0.565. The fourth-order valence-electron chi connectivity index (χ4n) is 2.73. The van der Waals surface area contributed by atoms with Crippen LogP contribution in [0.2, 0.25) is 0 Å². The van der Waals surface area contributed by atoms with Crippen molar-refractivity contribution < 1.29 is 0 Å². The molecule has 1 aliphatic rings. The molecule has 1 aromatic carbocycles. The Morgan fingerprint density at radius 3 is 2.78 bits per heavy atom. The molecule has 0 bridgehead atoms. The van der Waals surface area contributed by atoms with Crippen molar-refractivity contribution in [2.75, 3.05) is 11.9 Å². The van der Waals surface area contributed by atoms with Gasteiger partial charge in [0, 0.05) is 37.1 Å². The fourth-order valence-corrected chi connectivity index (χ4v) is 2.73. The van der Waals surface area contributed by atoms with E-state index in [-0.39, 0.29) is 0 Å². The molecule has 0 N–H and O–H groups in total. The third kappa shape index (κ3) is 2.10. The fraction of sp³-hybridized carbons (Fsp3) is 0.312. The van der Waals surface area contributed by atoms with Gasteiger partial charge in [-0.1, -0.05) is 24.3 Å². The molecule has 1 aliphatic carbocycles. The largest absolute Gasteiger partial charge is 0.371 e. The maximum Gasteiger partial charge on any atom is 0.0456 e. The van der Waals surface area contributed by atoms with Crippen molar-refractivity contribution in [3.05, 3.63) is 59.9 Å². The van der Waals surface area contributed by atoms with Gasteiger partial charge >= 0.3 is 0 Å². The van der Waals surface area contributed by atoms with Crippen LogP contribution in [0.1, 0.15) is 17.7 Å². The van der Waals surface area contributed by atoms with E-state index in [1.165, 1.54) is 23.4 Å². The standard InChI is InChI=1S/C16H18N2/c1-18(14-7-3-2-4-8-14)15-10-9-13-6-5-11-17-16(13)12-15/h2-8,11,15H,9-10,12H2,1H3. The second-order valence-corrected chi connectivity index (χ2v) is 4.95. The molecular formula is C16H18N2. The zero-order chi connectivity index (χ0) is 12.4. The number of hydrogen-bond donors (Lipinski definition) is 0. The van der Waals surface area contributed by atoms with Crippen molar-refractivity contribution in [1.82, 2.24) is 4.98 Å². The van der Waals surface area contributed by atoms with Gasteiger partial charge in [-0.25, -0.2) is 0 Å². The second-order valence-electron chi connectivity index (χ2n) is 4.95. The summed E-state index contributed by atoms with van der Waals surface area (Å²) < 4.78 is 0. The van der Waals surface area contributed by atoms with E-state index in [4.69, 9.17) is 0 Å². The number of aryl methyl sites for hydroxylation is 1. The first-order chi connectivity index (χ1) is 8.84. The van der Waals surface area contributed by atoms with E-state index in [1.807, 2.05) is 12.3 Å². The number of hydrogen-bond acceptors (Lipinski definition) is 2. The summed E-state index contributed by atoms with van der Waals surface area (Å²) in [6, 6.07) is 15.4. The lowest BCUT2D eigenvalue weighted by molar-refractivity contribution is 0.538. The summed E-state index contributed by atoms with van der Waals surface area (Å²) in [4.78, 5) is 6.91. The lowest BCUT2D eigenvalue weighted by atomic mass is 9.91. The highest BCUT2D eigenvalue weighted by atomic mass is 15.1. The van der Waals surface area contributed by atoms with Crippen LogP contribution in [0.25, 0.3) is 0 Å². The molecule has 0 radical (unpaired) electrons. The van der Waals surface area contributed by atoms with Gasteiger partial charge in [-0.15, -0.1) is 0 Å². The van der Waals surface area contributed by atoms with Gasteiger partial charge in [0.05, 0.1) is 0 Å². The number of anilines is 1. The van der Waals surface area contributed by atoms with E-state index in [9.17, 15) is 0 Å². The minimum absolute atomic E-state index is 0.565. The molecular weight excluding hydrogens is 220 g/mol. The number of benzene rings is 1. The first-order valence-corrected chi connectivity index (χ1v) is 6.55. The number of likely N-dealkylation sites (N-methyl/N-ethyl adjacent to an activating group) is 1. The SMILES string of the molecule is CN(c1ccccc1)C1CCc2cccnc2C1. The lowest BCUT2D eigenvalue weighted by Crippen LogP contribution is -2.36. The van der Waals surface area contributed by atoms with Gasteiger partial charge in [0.15, 0.2) is 0 Å². The Kier molecular flexibility index (Phi) is 3.01. The lowest BCUT2D eigenvalue weighted by Gasteiger charge is -2.33. The smallest absolute Gasteiger partial charge is 0.0456 e. The minimum Gasteiger partial charge on any atom is -0.371 e. The Hall–Kier alpha value is -1.83. The Balaban J connectivity index is 1.80. The van der Waals surface area contributed by atoms with Gasteiger partial charge in [0.1, 0.15) is 0 Å². The molecule has 1 heterocycles. The number of pyridine rings is 1. The summed E-state index contributed by atoms with van der Waals surface area (Å²) in [5.41, 5.74) is 3.99. The highest BCUT2D eigenvalue weighted by molar-refractivity contribution is 5.47. The van der Waals surface area contributed by atoms with E-state index in [2.05, 4.69) is 53.3 Å². The van der Waals surface area contributed by atoms with E-state index >= 15 is 0 Å². The summed E-state index contributed by atoms with van der Waals surface area (Å²) >= 11 is 0. The van der Waals surface area contributed by atoms with E-state index < -0.39 is 0 Å². The van der Waals surface area contributed by atoms with Crippen LogP contribution in [0, 0.1) is 0 Å². The molecule has 18 heavy (non-hydrogen) atoms. The molecule has 2 aromatic rings. The van der Waals surface area contributed by atoms with Crippen LogP contribution in [0.15, 0.2) is 48.7 Å². The van der Waals surface area contributed by atoms with Gasteiger partial charge in [-0.3, -0.25) is 4.98 Å². The molecule has 2 nitrogen and oxygen atoms in total. The van der Waals surface area contributed by atoms with Crippen molar-refractivity contribution in [2.45, 2.75) is 25.3 Å². The van der Waals surface area contributed by atoms with Crippen LogP contribution in [-0.2, 0) is 12.8 Å². The van der Waals surface area contributed by atoms with E-state index in [0.717, 1.165) is 12.8 Å². The molecule has 0 spiro atoms. The molecule has 0 amide bonds. The van der Waals surface area contributed by atoms with Crippen LogP contribution in [0.4, 0.5) is 5.69 Å². The monoisotopic (exact) mass is 238 g/mol. The zero-order valence-electron chi connectivity index (χ0n) is 10.7. The number of para-hydroxylation sites is 1. The first kappa shape index (κ1) is 11.3. The Morgan fingerprint density at radius 2 is 1.94 bits per heavy atom. The van der Waals surface area contributed by atoms with Crippen LogP contribution in [0.5, 0.6) is 0 Å². The quantitative estimate of drug-likeness (QED) is 0.799. The molecule has 2 heteroatoms. The molecule has 3 rings (SSSR count). The first-order valence-electron chi connectivity index (χ1n) is 6.55. The summed E-state index contributed by atoms with van der Waals surface area (Å²) in [6.07, 6.45) is 5.32. The summed E-state index contributed by atoms with van der Waals surface area (Å²) in [5, 5.41) is 0. The maximum atomic E-state index is 4.52. The predicted octanol–water partition coefficient (Wildman–Crippen LogP) is 3.08. The van der Waals surface area contributed by atoms with Crippen LogP contribution in [-0.4, -0.2) is 18.1 Å². The van der Waals surface area contributed by atoms with Gasteiger partial charge in [0.25, 0.3) is 0 Å². The van der Waals surface area contributed by atoms with E-state index in [1.54, 1.807) is 0 Å². The Morgan fingerprint density at radius 1 is 1.11 bits per heavy atom. The molecule has 0 fully saturated rings. The van der Waals surface area contributed by atoms with Gasteiger partial charge in [-0.05, 0) is 36.6 Å². The summed E-state index contributed by atoms with van der Waals surface area (Å²) in [7, 11) is 2.19. The molecule has 1 aromatic heterocycles. The molecule has 1 unspecified atom stereocenters. The normalized spacial score (nSPS) is 18.2. The highest BCUT2D eigenvalue weighted by Crippen LogP contribution is 2.25. The predicted molar refractivity (Wildman–Crippen MR) is 74.9 cm³/mol. The summed E-state index contributed by atoms with van der Waals surface area (Å²) in [6.45, 7) is 0. The van der Waals surface area contributed by atoms with Gasteiger partial charge in [-0.2, -0.15) is 0 Å². The molecule has 1 atom stereocenters. The van der Waals surface area contributed by atoms with Crippen LogP contribution >= 0.6 is 0 Å². The molecule has 0 saturated carbocycles. The summed E-state index contributed by atoms with van der Waals surface area (Å²) in [5.74, 6) is 0. The highest BCUT2D eigenvalue weighted by Gasteiger charge is 2.22. The number of rotatable bonds is 2. The third-order valence-corrected chi connectivity index (χ3v) is 3.87. The Labute approximate surface area is 108 Å². The maximum absolute atomic E-state index is 4.52. The van der Waals surface area contributed by atoms with Crippen molar-refractivity contribution >= 4 is 5.69 Å².